The molecule has 3 heterocycles. The first kappa shape index (κ1) is 44.8. The molecule has 0 bridgehead atoms. The van der Waals surface area contributed by atoms with Gasteiger partial charge in [-0.1, -0.05) is 54.1 Å². The quantitative estimate of drug-likeness (QED) is 0.160. The number of halogens is 1. The van der Waals surface area contributed by atoms with Gasteiger partial charge in [0.25, 0.3) is 0 Å². The first-order valence-electron chi connectivity index (χ1n) is 19.9. The van der Waals surface area contributed by atoms with Gasteiger partial charge < -0.3 is 23.7 Å². The van der Waals surface area contributed by atoms with Crippen molar-refractivity contribution in [2.75, 3.05) is 13.2 Å². The highest BCUT2D eigenvalue weighted by molar-refractivity contribution is 6.30. The Labute approximate surface area is 347 Å². The number of carbonyl (C=O) groups excluding carboxylic acids is 4. The smallest absolute Gasteiger partial charge is 0.311 e. The zero-order valence-electron chi connectivity index (χ0n) is 35.9. The maximum atomic E-state index is 14.0. The molecule has 0 saturated carbocycles. The number of nitrogens with zero attached hydrogens (tertiary/aromatic N) is 2. The minimum absolute atomic E-state index is 0.293. The average molecular weight is 819 g/mol. The molecule has 1 fully saturated rings. The molecule has 0 N–H and O–H groups in total. The SMILES string of the molecule is CC(C)(C)C(=O)OC[C@H]1O[C@@H](N2CC=C(c3cccc4cccnc34)C[C@H]2c2ccc(Cl)cc2)[C@H](OC(=O)C(C)(C)C)[C@@H](OC(=O)C(C)(C)C)[C@H]1OC(=O)C(C)(C)C. The maximum absolute atomic E-state index is 14.0. The molecule has 0 radical (unpaired) electrons. The van der Waals surface area contributed by atoms with E-state index in [2.05, 4.69) is 12.1 Å². The molecular weight excluding hydrogens is 760 g/mol. The lowest BCUT2D eigenvalue weighted by molar-refractivity contribution is -0.287. The van der Waals surface area contributed by atoms with Crippen LogP contribution in [0, 0.1) is 21.7 Å². The Bertz CT molecular complexity index is 2010. The van der Waals surface area contributed by atoms with E-state index < -0.39 is 82.2 Å². The lowest BCUT2D eigenvalue weighted by atomic mass is 9.87. The monoisotopic (exact) mass is 818 g/mol. The number of para-hydroxylation sites is 1. The fourth-order valence-electron chi connectivity index (χ4n) is 6.58. The Morgan fingerprint density at radius 3 is 1.81 bits per heavy atom. The van der Waals surface area contributed by atoms with E-state index in [0.29, 0.717) is 18.0 Å². The first-order chi connectivity index (χ1) is 26.9. The normalized spacial score (nSPS) is 23.4. The van der Waals surface area contributed by atoms with Crippen LogP contribution in [-0.2, 0) is 42.9 Å². The van der Waals surface area contributed by atoms with E-state index in [1.54, 1.807) is 89.3 Å². The topological polar surface area (TPSA) is 131 Å². The molecule has 58 heavy (non-hydrogen) atoms. The van der Waals surface area contributed by atoms with Crippen LogP contribution < -0.4 is 0 Å². The van der Waals surface area contributed by atoms with E-state index in [1.807, 2.05) is 53.4 Å². The molecule has 0 unspecified atom stereocenters. The van der Waals surface area contributed by atoms with Crippen molar-refractivity contribution < 1.29 is 42.9 Å². The second kappa shape index (κ2) is 17.1. The highest BCUT2D eigenvalue weighted by Crippen LogP contribution is 2.43. The molecule has 0 aliphatic carbocycles. The molecule has 2 aromatic carbocycles. The van der Waals surface area contributed by atoms with Crippen molar-refractivity contribution in [1.82, 2.24) is 9.88 Å². The average Bonchev–Trinajstić information content (AvgIpc) is 3.13. The van der Waals surface area contributed by atoms with Crippen LogP contribution in [0.1, 0.15) is 107 Å². The molecule has 1 aromatic heterocycles. The molecule has 0 spiro atoms. The highest BCUT2D eigenvalue weighted by Gasteiger charge is 2.57. The summed E-state index contributed by atoms with van der Waals surface area (Å²) in [7, 11) is 0. The van der Waals surface area contributed by atoms with E-state index >= 15 is 0 Å². The predicted molar refractivity (Wildman–Crippen MR) is 222 cm³/mol. The van der Waals surface area contributed by atoms with Gasteiger partial charge in [0.05, 0.1) is 27.2 Å². The summed E-state index contributed by atoms with van der Waals surface area (Å²) in [6.45, 7) is 20.5. The molecule has 11 nitrogen and oxygen atoms in total. The number of hydrogen-bond donors (Lipinski definition) is 0. The third kappa shape index (κ3) is 10.5. The zero-order chi connectivity index (χ0) is 43.0. The number of benzene rings is 2. The van der Waals surface area contributed by atoms with Crippen LogP contribution >= 0.6 is 11.6 Å². The lowest BCUT2D eigenvalue weighted by Gasteiger charge is -2.51. The van der Waals surface area contributed by atoms with Crippen molar-refractivity contribution in [2.45, 2.75) is 126 Å². The Kier molecular flexibility index (Phi) is 13.2. The second-order valence-electron chi connectivity index (χ2n) is 19.4. The number of aromatic nitrogens is 1. The number of fused-ring (bicyclic) bond motifs is 1. The summed E-state index contributed by atoms with van der Waals surface area (Å²) in [5.41, 5.74) is -0.0380. The fourth-order valence-corrected chi connectivity index (χ4v) is 6.71. The number of pyridine rings is 1. The molecule has 5 rings (SSSR count). The maximum Gasteiger partial charge on any atom is 0.311 e. The van der Waals surface area contributed by atoms with Crippen molar-refractivity contribution in [1.29, 1.82) is 0 Å². The number of rotatable bonds is 8. The Morgan fingerprint density at radius 1 is 0.707 bits per heavy atom. The molecule has 314 valence electrons. The summed E-state index contributed by atoms with van der Waals surface area (Å²) in [6, 6.07) is 17.1. The van der Waals surface area contributed by atoms with Crippen molar-refractivity contribution in [3.63, 3.8) is 0 Å². The highest BCUT2D eigenvalue weighted by atomic mass is 35.5. The minimum Gasteiger partial charge on any atom is -0.462 e. The fraction of sp³-hybridized carbons (Fsp3) is 0.543. The minimum atomic E-state index is -1.38. The molecule has 3 aromatic rings. The largest absolute Gasteiger partial charge is 0.462 e. The van der Waals surface area contributed by atoms with Gasteiger partial charge in [-0.3, -0.25) is 29.1 Å². The third-order valence-electron chi connectivity index (χ3n) is 10.1. The Balaban J connectivity index is 1.71. The predicted octanol–water partition coefficient (Wildman–Crippen LogP) is 8.91. The molecule has 2 aliphatic heterocycles. The van der Waals surface area contributed by atoms with Gasteiger partial charge >= 0.3 is 23.9 Å². The van der Waals surface area contributed by atoms with Crippen molar-refractivity contribution >= 4 is 52.0 Å². The van der Waals surface area contributed by atoms with Gasteiger partial charge in [-0.25, -0.2) is 0 Å². The lowest BCUT2D eigenvalue weighted by Crippen LogP contribution is -2.67. The van der Waals surface area contributed by atoms with Gasteiger partial charge in [0.1, 0.15) is 12.7 Å². The number of ether oxygens (including phenoxy) is 5. The number of esters is 4. The van der Waals surface area contributed by atoms with Gasteiger partial charge in [-0.15, -0.1) is 0 Å². The number of hydrogen-bond acceptors (Lipinski definition) is 11. The summed E-state index contributed by atoms with van der Waals surface area (Å²) in [6.07, 6.45) is -1.93. The van der Waals surface area contributed by atoms with E-state index in [0.717, 1.165) is 27.6 Å². The Hall–Kier alpha value is -4.32. The summed E-state index contributed by atoms with van der Waals surface area (Å²) < 4.78 is 31.8. The summed E-state index contributed by atoms with van der Waals surface area (Å²) in [5, 5.41) is 1.56. The van der Waals surface area contributed by atoms with Crippen LogP contribution in [0.4, 0.5) is 0 Å². The summed E-state index contributed by atoms with van der Waals surface area (Å²) in [4.78, 5) is 61.7. The zero-order valence-corrected chi connectivity index (χ0v) is 36.6. The van der Waals surface area contributed by atoms with Gasteiger partial charge in [0, 0.05) is 34.8 Å². The van der Waals surface area contributed by atoms with Crippen LogP contribution in [0.5, 0.6) is 0 Å². The van der Waals surface area contributed by atoms with Gasteiger partial charge in [-0.05, 0) is 119 Å². The standard InChI is InChI=1S/C46H59ClN2O9/c1-43(2,3)39(50)54-26-33-35(56-40(51)44(4,5)6)36(57-41(52)45(7,8)9)37(58-42(53)46(10,11)12)38(55-33)49-24-22-29(25-32(49)27-18-20-30(47)21-19-27)31-17-13-15-28-16-14-23-48-34(28)31/h13-23,32-33,35-38H,24-26H2,1-12H3/t32-,33+,35-,36-,37+,38+/m0/s1. The van der Waals surface area contributed by atoms with E-state index in [9.17, 15) is 19.2 Å². The number of carbonyl (C=O) groups is 4. The van der Waals surface area contributed by atoms with Crippen LogP contribution in [0.3, 0.4) is 0 Å². The van der Waals surface area contributed by atoms with Crippen molar-refractivity contribution in [3.8, 4) is 0 Å². The summed E-state index contributed by atoms with van der Waals surface area (Å²) >= 11 is 6.41. The first-order valence-corrected chi connectivity index (χ1v) is 20.2. The molecule has 2 aliphatic rings. The molecular formula is C46H59ClN2O9. The van der Waals surface area contributed by atoms with Crippen molar-refractivity contribution in [2.24, 2.45) is 21.7 Å². The van der Waals surface area contributed by atoms with Crippen LogP contribution in [0.25, 0.3) is 16.5 Å². The molecule has 12 heteroatoms. The third-order valence-corrected chi connectivity index (χ3v) is 10.3. The van der Waals surface area contributed by atoms with Gasteiger partial charge in [0.2, 0.25) is 0 Å². The van der Waals surface area contributed by atoms with Crippen LogP contribution in [-0.4, -0.2) is 77.6 Å². The van der Waals surface area contributed by atoms with Crippen LogP contribution in [0.15, 0.2) is 66.9 Å². The van der Waals surface area contributed by atoms with E-state index in [1.165, 1.54) is 0 Å². The van der Waals surface area contributed by atoms with Crippen LogP contribution in [0.2, 0.25) is 5.02 Å². The van der Waals surface area contributed by atoms with E-state index in [4.69, 9.17) is 40.3 Å². The summed E-state index contributed by atoms with van der Waals surface area (Å²) in [5.74, 6) is -2.32. The van der Waals surface area contributed by atoms with Gasteiger partial charge in [-0.2, -0.15) is 0 Å². The Morgan fingerprint density at radius 2 is 1.24 bits per heavy atom. The molecule has 6 atom stereocenters. The molecule has 1 saturated heterocycles. The van der Waals surface area contributed by atoms with Gasteiger partial charge in [0.15, 0.2) is 24.5 Å². The van der Waals surface area contributed by atoms with Crippen molar-refractivity contribution in [3.05, 3.63) is 83.0 Å². The second-order valence-corrected chi connectivity index (χ2v) is 19.8. The van der Waals surface area contributed by atoms with E-state index in [-0.39, 0.29) is 6.61 Å². The molecule has 0 amide bonds.